The lowest BCUT2D eigenvalue weighted by Crippen LogP contribution is -2.46. The highest BCUT2D eigenvalue weighted by Gasteiger charge is 2.32. The molecule has 0 aliphatic carbocycles. The summed E-state index contributed by atoms with van der Waals surface area (Å²) in [5.74, 6) is 7.59. The zero-order valence-electron chi connectivity index (χ0n) is 17.7. The van der Waals surface area contributed by atoms with Crippen molar-refractivity contribution in [1.29, 1.82) is 0 Å². The highest BCUT2D eigenvalue weighted by Crippen LogP contribution is 2.41. The summed E-state index contributed by atoms with van der Waals surface area (Å²) < 4.78 is 17.5. The lowest BCUT2D eigenvalue weighted by atomic mass is 10.0. The van der Waals surface area contributed by atoms with Gasteiger partial charge in [-0.25, -0.2) is 0 Å². The zero-order valence-corrected chi connectivity index (χ0v) is 18.4. The van der Waals surface area contributed by atoms with Crippen LogP contribution in [0, 0.1) is 11.8 Å². The Kier molecular flexibility index (Phi) is 6.48. The number of amides is 1. The third kappa shape index (κ3) is 5.61. The topological polar surface area (TPSA) is 56.8 Å². The van der Waals surface area contributed by atoms with Gasteiger partial charge < -0.3 is 19.5 Å². The van der Waals surface area contributed by atoms with E-state index in [1.54, 1.807) is 38.1 Å². The molecule has 2 aromatic carbocycles. The van der Waals surface area contributed by atoms with Gasteiger partial charge in [-0.1, -0.05) is 35.6 Å². The molecule has 0 aromatic heterocycles. The van der Waals surface area contributed by atoms with Crippen LogP contribution in [0.4, 0.5) is 0 Å². The number of hydrogen-bond donors (Lipinski definition) is 1. The lowest BCUT2D eigenvalue weighted by Gasteiger charge is -2.24. The number of ether oxygens (including phenoxy) is 3. The molecule has 5 nitrogen and oxygen atoms in total. The van der Waals surface area contributed by atoms with Gasteiger partial charge in [-0.05, 0) is 58.0 Å². The van der Waals surface area contributed by atoms with Crippen LogP contribution in [0.2, 0.25) is 5.02 Å². The number of fused-ring (bicyclic) bond motifs is 1. The van der Waals surface area contributed by atoms with E-state index < -0.39 is 5.60 Å². The second kappa shape index (κ2) is 8.89. The summed E-state index contributed by atoms with van der Waals surface area (Å²) in [5.41, 5.74) is -0.125. The minimum atomic E-state index is -1.04. The number of benzene rings is 2. The molecule has 158 valence electrons. The van der Waals surface area contributed by atoms with Gasteiger partial charge in [0.25, 0.3) is 5.91 Å². The van der Waals surface area contributed by atoms with Crippen molar-refractivity contribution in [3.8, 4) is 29.1 Å². The number of para-hydroxylation sites is 1. The van der Waals surface area contributed by atoms with Crippen LogP contribution < -0.4 is 19.5 Å². The Morgan fingerprint density at radius 3 is 2.67 bits per heavy atom. The first kappa shape index (κ1) is 21.9. The van der Waals surface area contributed by atoms with Crippen molar-refractivity contribution in [2.24, 2.45) is 0 Å². The maximum absolute atomic E-state index is 12.4. The standard InChI is InChI=1S/C24H26ClNO4/c1-23(2)16-17-8-7-9-20(21(17)30-23)28-15-6-5-14-26-22(27)24(3,4)29-19-12-10-18(25)11-13-19/h7-13H,14-16H2,1-4H3,(H,26,27). The number of hydrogen-bond acceptors (Lipinski definition) is 4. The van der Waals surface area contributed by atoms with E-state index in [4.69, 9.17) is 25.8 Å². The molecule has 0 saturated heterocycles. The van der Waals surface area contributed by atoms with Gasteiger partial charge in [-0.15, -0.1) is 0 Å². The average Bonchev–Trinajstić information content (AvgIpc) is 3.00. The maximum Gasteiger partial charge on any atom is 0.264 e. The Morgan fingerprint density at radius 1 is 1.20 bits per heavy atom. The number of carbonyl (C=O) groups is 1. The predicted molar refractivity (Wildman–Crippen MR) is 117 cm³/mol. The first-order valence-electron chi connectivity index (χ1n) is 9.79. The first-order valence-corrected chi connectivity index (χ1v) is 10.2. The molecule has 3 rings (SSSR count). The fourth-order valence-corrected chi connectivity index (χ4v) is 3.24. The van der Waals surface area contributed by atoms with Gasteiger partial charge in [0.05, 0.1) is 6.54 Å². The van der Waals surface area contributed by atoms with Crippen LogP contribution >= 0.6 is 11.6 Å². The van der Waals surface area contributed by atoms with Gasteiger partial charge in [-0.2, -0.15) is 0 Å². The Labute approximate surface area is 182 Å². The van der Waals surface area contributed by atoms with Gasteiger partial charge in [0, 0.05) is 17.0 Å². The van der Waals surface area contributed by atoms with E-state index in [1.165, 1.54) is 0 Å². The molecule has 1 heterocycles. The lowest BCUT2D eigenvalue weighted by molar-refractivity contribution is -0.133. The Bertz CT molecular complexity index is 971. The second-order valence-corrected chi connectivity index (χ2v) is 8.61. The molecule has 0 spiro atoms. The van der Waals surface area contributed by atoms with Crippen molar-refractivity contribution in [1.82, 2.24) is 5.32 Å². The summed E-state index contributed by atoms with van der Waals surface area (Å²) >= 11 is 5.87. The molecule has 1 aliphatic heterocycles. The highest BCUT2D eigenvalue weighted by molar-refractivity contribution is 6.30. The SMILES string of the molecule is CC1(C)Cc2cccc(OCC#CCNC(=O)C(C)(C)Oc3ccc(Cl)cc3)c2O1. The Morgan fingerprint density at radius 2 is 1.93 bits per heavy atom. The maximum atomic E-state index is 12.4. The molecule has 0 radical (unpaired) electrons. The third-order valence-corrected chi connectivity index (χ3v) is 4.80. The van der Waals surface area contributed by atoms with Crippen LogP contribution in [-0.2, 0) is 11.2 Å². The van der Waals surface area contributed by atoms with Gasteiger partial charge in [0.1, 0.15) is 18.0 Å². The van der Waals surface area contributed by atoms with E-state index in [0.717, 1.165) is 17.7 Å². The molecule has 1 N–H and O–H groups in total. The normalized spacial score (nSPS) is 14.0. The molecule has 0 unspecified atom stereocenters. The first-order chi connectivity index (χ1) is 14.2. The van der Waals surface area contributed by atoms with E-state index >= 15 is 0 Å². The van der Waals surface area contributed by atoms with Crippen LogP contribution in [0.15, 0.2) is 42.5 Å². The molecule has 0 fully saturated rings. The fourth-order valence-electron chi connectivity index (χ4n) is 3.11. The fraction of sp³-hybridized carbons (Fsp3) is 0.375. The third-order valence-electron chi connectivity index (χ3n) is 4.55. The Balaban J connectivity index is 1.46. The zero-order chi connectivity index (χ0) is 21.8. The Hall–Kier alpha value is -2.84. The van der Waals surface area contributed by atoms with Crippen LogP contribution in [0.25, 0.3) is 0 Å². The molecule has 30 heavy (non-hydrogen) atoms. The van der Waals surface area contributed by atoms with Gasteiger partial charge in [0.15, 0.2) is 17.1 Å². The van der Waals surface area contributed by atoms with Crippen molar-refractivity contribution in [3.63, 3.8) is 0 Å². The molecular weight excluding hydrogens is 402 g/mol. The second-order valence-electron chi connectivity index (χ2n) is 8.17. The molecular formula is C24H26ClNO4. The highest BCUT2D eigenvalue weighted by atomic mass is 35.5. The summed E-state index contributed by atoms with van der Waals surface area (Å²) in [4.78, 5) is 12.4. The van der Waals surface area contributed by atoms with Crippen molar-refractivity contribution >= 4 is 17.5 Å². The molecule has 1 amide bonds. The molecule has 0 atom stereocenters. The smallest absolute Gasteiger partial charge is 0.264 e. The van der Waals surface area contributed by atoms with E-state index in [-0.39, 0.29) is 24.7 Å². The van der Waals surface area contributed by atoms with Crippen molar-refractivity contribution in [3.05, 3.63) is 53.1 Å². The average molecular weight is 428 g/mol. The number of halogens is 1. The summed E-state index contributed by atoms with van der Waals surface area (Å²) in [6.07, 6.45) is 0.852. The summed E-state index contributed by atoms with van der Waals surface area (Å²) in [6.45, 7) is 7.91. The van der Waals surface area contributed by atoms with E-state index in [0.29, 0.717) is 16.5 Å². The van der Waals surface area contributed by atoms with Crippen LogP contribution in [-0.4, -0.2) is 30.3 Å². The van der Waals surface area contributed by atoms with Gasteiger partial charge in [-0.3, -0.25) is 4.79 Å². The van der Waals surface area contributed by atoms with E-state index in [2.05, 4.69) is 31.0 Å². The number of carbonyl (C=O) groups excluding carboxylic acids is 1. The summed E-state index contributed by atoms with van der Waals surface area (Å²) in [6, 6.07) is 12.7. The minimum Gasteiger partial charge on any atom is -0.483 e. The van der Waals surface area contributed by atoms with Crippen LogP contribution in [0.5, 0.6) is 17.2 Å². The van der Waals surface area contributed by atoms with Crippen molar-refractivity contribution in [2.45, 2.75) is 45.3 Å². The van der Waals surface area contributed by atoms with Gasteiger partial charge >= 0.3 is 0 Å². The molecule has 0 bridgehead atoms. The van der Waals surface area contributed by atoms with Crippen molar-refractivity contribution in [2.75, 3.05) is 13.2 Å². The van der Waals surface area contributed by atoms with Gasteiger partial charge in [0.2, 0.25) is 0 Å². The number of nitrogens with one attached hydrogen (secondary N) is 1. The van der Waals surface area contributed by atoms with Crippen LogP contribution in [0.1, 0.15) is 33.3 Å². The summed E-state index contributed by atoms with van der Waals surface area (Å²) in [5, 5.41) is 3.37. The quantitative estimate of drug-likeness (QED) is 0.694. The monoisotopic (exact) mass is 427 g/mol. The predicted octanol–water partition coefficient (Wildman–Crippen LogP) is 4.41. The molecule has 2 aromatic rings. The number of rotatable bonds is 6. The van der Waals surface area contributed by atoms with Crippen LogP contribution in [0.3, 0.4) is 0 Å². The van der Waals surface area contributed by atoms with Crippen molar-refractivity contribution < 1.29 is 19.0 Å². The molecule has 0 saturated carbocycles. The largest absolute Gasteiger partial charge is 0.483 e. The molecule has 1 aliphatic rings. The minimum absolute atomic E-state index is 0.200. The molecule has 6 heteroatoms. The summed E-state index contributed by atoms with van der Waals surface area (Å²) in [7, 11) is 0. The van der Waals surface area contributed by atoms with E-state index in [1.807, 2.05) is 18.2 Å². The van der Waals surface area contributed by atoms with E-state index in [9.17, 15) is 4.79 Å².